The van der Waals surface area contributed by atoms with E-state index in [-0.39, 0.29) is 6.54 Å². The zero-order chi connectivity index (χ0) is 14.1. The summed E-state index contributed by atoms with van der Waals surface area (Å²) in [5, 5.41) is 0. The number of aryl methyl sites for hydroxylation is 2. The third-order valence-corrected chi connectivity index (χ3v) is 3.64. The number of ether oxygens (including phenoxy) is 1. The van der Waals surface area contributed by atoms with Gasteiger partial charge in [0.15, 0.2) is 5.67 Å². The number of rotatable bonds is 3. The van der Waals surface area contributed by atoms with Gasteiger partial charge in [-0.15, -0.1) is 0 Å². The highest BCUT2D eigenvalue weighted by Crippen LogP contribution is 2.44. The molecule has 1 rings (SSSR count). The Labute approximate surface area is 109 Å². The van der Waals surface area contributed by atoms with Crippen LogP contribution < -0.4 is 10.5 Å². The van der Waals surface area contributed by atoms with E-state index in [1.54, 1.807) is 7.11 Å². The first-order valence-electron chi connectivity index (χ1n) is 6.22. The van der Waals surface area contributed by atoms with Crippen LogP contribution in [0.4, 0.5) is 4.39 Å². The number of halogens is 1. The molecule has 0 aromatic heterocycles. The van der Waals surface area contributed by atoms with E-state index in [0.29, 0.717) is 5.56 Å². The molecule has 18 heavy (non-hydrogen) atoms. The number of alkyl halides is 1. The summed E-state index contributed by atoms with van der Waals surface area (Å²) in [6.45, 7) is 9.41. The Balaban J connectivity index is 3.45. The van der Waals surface area contributed by atoms with Crippen LogP contribution in [-0.4, -0.2) is 13.7 Å². The number of benzene rings is 1. The van der Waals surface area contributed by atoms with Crippen LogP contribution in [0.2, 0.25) is 0 Å². The highest BCUT2D eigenvalue weighted by atomic mass is 19.1. The molecule has 1 atom stereocenters. The van der Waals surface area contributed by atoms with Crippen LogP contribution in [0.1, 0.15) is 37.5 Å². The van der Waals surface area contributed by atoms with E-state index in [2.05, 4.69) is 0 Å². The van der Waals surface area contributed by atoms with Gasteiger partial charge < -0.3 is 10.5 Å². The number of nitrogens with two attached hydrogens (primary N) is 1. The third kappa shape index (κ3) is 2.37. The lowest BCUT2D eigenvalue weighted by Gasteiger charge is -2.38. The summed E-state index contributed by atoms with van der Waals surface area (Å²) in [7, 11) is 1.62. The maximum atomic E-state index is 15.3. The van der Waals surface area contributed by atoms with Crippen LogP contribution in [0.3, 0.4) is 0 Å². The van der Waals surface area contributed by atoms with Gasteiger partial charge in [-0.1, -0.05) is 20.8 Å². The summed E-state index contributed by atoms with van der Waals surface area (Å²) in [6, 6.07) is 3.73. The lowest BCUT2D eigenvalue weighted by atomic mass is 9.72. The molecule has 0 aliphatic rings. The first-order chi connectivity index (χ1) is 8.17. The lowest BCUT2D eigenvalue weighted by Crippen LogP contribution is -2.43. The van der Waals surface area contributed by atoms with E-state index >= 15 is 4.39 Å². The Morgan fingerprint density at radius 3 is 2.11 bits per heavy atom. The summed E-state index contributed by atoms with van der Waals surface area (Å²) in [5.74, 6) is 0.782. The quantitative estimate of drug-likeness (QED) is 0.895. The predicted molar refractivity (Wildman–Crippen MR) is 73.8 cm³/mol. The van der Waals surface area contributed by atoms with Gasteiger partial charge in [0.25, 0.3) is 0 Å². The maximum absolute atomic E-state index is 15.3. The summed E-state index contributed by atoms with van der Waals surface area (Å²) in [5.41, 5.74) is 6.09. The Bertz CT molecular complexity index is 437. The maximum Gasteiger partial charge on any atom is 0.153 e. The Kier molecular flexibility index (Phi) is 4.06. The molecule has 0 fully saturated rings. The highest BCUT2D eigenvalue weighted by Gasteiger charge is 2.44. The second-order valence-electron chi connectivity index (χ2n) is 5.89. The molecule has 0 radical (unpaired) electrons. The van der Waals surface area contributed by atoms with Crippen LogP contribution in [0.5, 0.6) is 5.75 Å². The van der Waals surface area contributed by atoms with Crippen molar-refractivity contribution < 1.29 is 9.13 Å². The van der Waals surface area contributed by atoms with Gasteiger partial charge >= 0.3 is 0 Å². The molecule has 0 aliphatic carbocycles. The average Bonchev–Trinajstić information content (AvgIpc) is 2.29. The van der Waals surface area contributed by atoms with Gasteiger partial charge in [0.2, 0.25) is 0 Å². The van der Waals surface area contributed by atoms with Gasteiger partial charge in [-0.2, -0.15) is 0 Å². The molecule has 102 valence electrons. The van der Waals surface area contributed by atoms with Crippen molar-refractivity contribution in [1.82, 2.24) is 0 Å². The fraction of sp³-hybridized carbons (Fsp3) is 0.600. The smallest absolute Gasteiger partial charge is 0.153 e. The zero-order valence-electron chi connectivity index (χ0n) is 12.2. The van der Waals surface area contributed by atoms with Crippen molar-refractivity contribution in [3.63, 3.8) is 0 Å². The fourth-order valence-electron chi connectivity index (χ4n) is 2.26. The monoisotopic (exact) mass is 253 g/mol. The molecule has 1 aromatic rings. The predicted octanol–water partition coefficient (Wildman–Crippen LogP) is 3.48. The van der Waals surface area contributed by atoms with Gasteiger partial charge in [0, 0.05) is 12.0 Å². The summed E-state index contributed by atoms with van der Waals surface area (Å²) in [6.07, 6.45) is 0. The van der Waals surface area contributed by atoms with Crippen LogP contribution in [0, 0.1) is 19.3 Å². The Morgan fingerprint density at radius 2 is 1.72 bits per heavy atom. The van der Waals surface area contributed by atoms with Gasteiger partial charge in [-0.3, -0.25) is 0 Å². The van der Waals surface area contributed by atoms with E-state index in [1.807, 2.05) is 46.8 Å². The minimum atomic E-state index is -1.53. The van der Waals surface area contributed by atoms with Crippen LogP contribution >= 0.6 is 0 Å². The molecule has 2 N–H and O–H groups in total. The van der Waals surface area contributed by atoms with Gasteiger partial charge in [-0.05, 0) is 42.7 Å². The number of hydrogen-bond acceptors (Lipinski definition) is 2. The van der Waals surface area contributed by atoms with Crippen LogP contribution in [0.15, 0.2) is 12.1 Å². The Morgan fingerprint density at radius 1 is 1.17 bits per heavy atom. The molecular formula is C15H24FNO. The minimum Gasteiger partial charge on any atom is -0.496 e. The van der Waals surface area contributed by atoms with E-state index in [9.17, 15) is 0 Å². The molecule has 3 heteroatoms. The van der Waals surface area contributed by atoms with E-state index < -0.39 is 11.1 Å². The normalized spacial score (nSPS) is 15.3. The third-order valence-electron chi connectivity index (χ3n) is 3.64. The second-order valence-corrected chi connectivity index (χ2v) is 5.89. The van der Waals surface area contributed by atoms with E-state index in [0.717, 1.165) is 16.9 Å². The topological polar surface area (TPSA) is 35.2 Å². The lowest BCUT2D eigenvalue weighted by molar-refractivity contribution is 0.0336. The molecule has 0 amide bonds. The zero-order valence-corrected chi connectivity index (χ0v) is 12.2. The molecule has 0 heterocycles. The molecule has 2 nitrogen and oxygen atoms in total. The molecule has 0 aliphatic heterocycles. The van der Waals surface area contributed by atoms with Crippen molar-refractivity contribution in [2.45, 2.75) is 40.3 Å². The van der Waals surface area contributed by atoms with Gasteiger partial charge in [0.1, 0.15) is 5.75 Å². The van der Waals surface area contributed by atoms with Crippen molar-refractivity contribution in [3.05, 3.63) is 28.8 Å². The SMILES string of the molecule is COc1cc(C)c(C(F)(CN)C(C)(C)C)cc1C. The largest absolute Gasteiger partial charge is 0.496 e. The molecular weight excluding hydrogens is 229 g/mol. The molecule has 1 aromatic carbocycles. The molecule has 1 unspecified atom stereocenters. The van der Waals surface area contributed by atoms with Crippen LogP contribution in [-0.2, 0) is 5.67 Å². The van der Waals surface area contributed by atoms with Gasteiger partial charge in [-0.25, -0.2) is 4.39 Å². The van der Waals surface area contributed by atoms with Crippen molar-refractivity contribution in [2.75, 3.05) is 13.7 Å². The molecule has 0 spiro atoms. The standard InChI is InChI=1S/C15H24FNO/c1-10-8-13(18-6)11(2)7-12(10)15(16,9-17)14(3,4)5/h7-8H,9,17H2,1-6H3. The first kappa shape index (κ1) is 15.0. The summed E-state index contributed by atoms with van der Waals surface area (Å²) < 4.78 is 20.5. The average molecular weight is 253 g/mol. The van der Waals surface area contributed by atoms with E-state index in [1.165, 1.54) is 0 Å². The van der Waals surface area contributed by atoms with Crippen molar-refractivity contribution >= 4 is 0 Å². The van der Waals surface area contributed by atoms with Crippen LogP contribution in [0.25, 0.3) is 0 Å². The Hall–Kier alpha value is -1.09. The van der Waals surface area contributed by atoms with Crippen molar-refractivity contribution in [1.29, 1.82) is 0 Å². The minimum absolute atomic E-state index is 0.0247. The first-order valence-corrected chi connectivity index (χ1v) is 6.22. The van der Waals surface area contributed by atoms with Crippen molar-refractivity contribution in [3.8, 4) is 5.75 Å². The summed E-state index contributed by atoms with van der Waals surface area (Å²) >= 11 is 0. The molecule has 0 saturated carbocycles. The highest BCUT2D eigenvalue weighted by molar-refractivity contribution is 5.44. The summed E-state index contributed by atoms with van der Waals surface area (Å²) in [4.78, 5) is 0. The van der Waals surface area contributed by atoms with Crippen molar-refractivity contribution in [2.24, 2.45) is 11.1 Å². The molecule has 0 saturated heterocycles. The number of methoxy groups -OCH3 is 1. The van der Waals surface area contributed by atoms with E-state index in [4.69, 9.17) is 10.5 Å². The van der Waals surface area contributed by atoms with Gasteiger partial charge in [0.05, 0.1) is 7.11 Å². The number of hydrogen-bond donors (Lipinski definition) is 1. The second kappa shape index (κ2) is 4.88. The molecule has 0 bridgehead atoms. The fourth-order valence-corrected chi connectivity index (χ4v) is 2.26.